The zero-order valence-corrected chi connectivity index (χ0v) is 14.8. The van der Waals surface area contributed by atoms with E-state index in [1.807, 2.05) is 32.9 Å². The van der Waals surface area contributed by atoms with Crippen molar-refractivity contribution >= 4 is 33.8 Å². The first-order valence-corrected chi connectivity index (χ1v) is 8.39. The number of hydrogen-bond donors (Lipinski definition) is 1. The Morgan fingerprint density at radius 2 is 1.95 bits per heavy atom. The molecule has 112 valence electrons. The fourth-order valence-electron chi connectivity index (χ4n) is 1.40. The third kappa shape index (κ3) is 7.80. The van der Waals surface area contributed by atoms with Gasteiger partial charge < -0.3 is 10.1 Å². The number of thioether (sulfide) groups is 1. The molecule has 0 aliphatic carbocycles. The summed E-state index contributed by atoms with van der Waals surface area (Å²) in [5, 5.41) is 2.80. The molecule has 1 rings (SSSR count). The van der Waals surface area contributed by atoms with Gasteiger partial charge in [-0.25, -0.2) is 4.79 Å². The van der Waals surface area contributed by atoms with Crippen LogP contribution in [0.4, 0.5) is 4.79 Å². The molecule has 20 heavy (non-hydrogen) atoms. The summed E-state index contributed by atoms with van der Waals surface area (Å²) in [6.07, 6.45) is -0.349. The van der Waals surface area contributed by atoms with Crippen molar-refractivity contribution in [2.75, 3.05) is 12.3 Å². The summed E-state index contributed by atoms with van der Waals surface area (Å²) < 4.78 is 6.29. The van der Waals surface area contributed by atoms with Crippen molar-refractivity contribution in [3.8, 4) is 0 Å². The van der Waals surface area contributed by atoms with Crippen LogP contribution in [-0.2, 0) is 4.74 Å². The molecule has 0 aliphatic heterocycles. The first-order valence-electron chi connectivity index (χ1n) is 6.61. The SMILES string of the molecule is C[C@H](CNC(=O)OC(C)(C)C)CSc1ccc(Br)cc1. The van der Waals surface area contributed by atoms with Gasteiger partial charge in [-0.2, -0.15) is 0 Å². The monoisotopic (exact) mass is 359 g/mol. The summed E-state index contributed by atoms with van der Waals surface area (Å²) in [6.45, 7) is 8.32. The zero-order valence-electron chi connectivity index (χ0n) is 12.4. The molecule has 0 radical (unpaired) electrons. The highest BCUT2D eigenvalue weighted by molar-refractivity contribution is 9.10. The highest BCUT2D eigenvalue weighted by Crippen LogP contribution is 2.22. The molecule has 0 spiro atoms. The minimum Gasteiger partial charge on any atom is -0.444 e. The van der Waals surface area contributed by atoms with E-state index >= 15 is 0 Å². The number of halogens is 1. The van der Waals surface area contributed by atoms with E-state index < -0.39 is 5.60 Å². The van der Waals surface area contributed by atoms with Crippen molar-refractivity contribution < 1.29 is 9.53 Å². The summed E-state index contributed by atoms with van der Waals surface area (Å²) >= 11 is 5.21. The molecule has 0 saturated carbocycles. The van der Waals surface area contributed by atoms with Gasteiger partial charge in [0.05, 0.1) is 0 Å². The van der Waals surface area contributed by atoms with Crippen LogP contribution in [0.3, 0.4) is 0 Å². The maximum absolute atomic E-state index is 11.5. The molecule has 1 amide bonds. The molecule has 1 atom stereocenters. The van der Waals surface area contributed by atoms with Gasteiger partial charge in [-0.05, 0) is 51.0 Å². The number of alkyl carbamates (subject to hydrolysis) is 1. The number of ether oxygens (including phenoxy) is 1. The first kappa shape index (κ1) is 17.4. The van der Waals surface area contributed by atoms with Crippen LogP contribution in [0.5, 0.6) is 0 Å². The van der Waals surface area contributed by atoms with Crippen LogP contribution < -0.4 is 5.32 Å². The van der Waals surface area contributed by atoms with Crippen LogP contribution in [0.25, 0.3) is 0 Å². The van der Waals surface area contributed by atoms with Crippen molar-refractivity contribution in [3.05, 3.63) is 28.7 Å². The van der Waals surface area contributed by atoms with Crippen LogP contribution in [-0.4, -0.2) is 24.0 Å². The molecule has 0 aliphatic rings. The Bertz CT molecular complexity index is 428. The normalized spacial score (nSPS) is 12.8. The molecule has 1 N–H and O–H groups in total. The summed E-state index contributed by atoms with van der Waals surface area (Å²) in [6, 6.07) is 8.24. The third-order valence-corrected chi connectivity index (χ3v) is 4.21. The van der Waals surface area contributed by atoms with Crippen LogP contribution in [0, 0.1) is 5.92 Å². The molecule has 0 heterocycles. The Hall–Kier alpha value is -0.680. The van der Waals surface area contributed by atoms with E-state index in [9.17, 15) is 4.79 Å². The smallest absolute Gasteiger partial charge is 0.407 e. The number of hydrogen-bond acceptors (Lipinski definition) is 3. The van der Waals surface area contributed by atoms with E-state index in [4.69, 9.17) is 4.74 Å². The minimum absolute atomic E-state index is 0.349. The maximum Gasteiger partial charge on any atom is 0.407 e. The number of nitrogens with one attached hydrogen (secondary N) is 1. The first-order chi connectivity index (χ1) is 9.26. The highest BCUT2D eigenvalue weighted by atomic mass is 79.9. The fraction of sp³-hybridized carbons (Fsp3) is 0.533. The Balaban J connectivity index is 2.25. The molecular formula is C15H22BrNO2S. The Kier molecular flexibility index (Phi) is 6.89. The van der Waals surface area contributed by atoms with Gasteiger partial charge in [0.1, 0.15) is 5.60 Å². The number of benzene rings is 1. The fourth-order valence-corrected chi connectivity index (χ4v) is 2.59. The minimum atomic E-state index is -0.445. The average molecular weight is 360 g/mol. The molecule has 0 unspecified atom stereocenters. The van der Waals surface area contributed by atoms with Gasteiger partial charge in [0, 0.05) is 21.7 Å². The van der Waals surface area contributed by atoms with Crippen molar-refractivity contribution in [2.24, 2.45) is 5.92 Å². The largest absolute Gasteiger partial charge is 0.444 e. The number of amides is 1. The second-order valence-corrected chi connectivity index (χ2v) is 7.76. The number of carbonyl (C=O) groups is 1. The van der Waals surface area contributed by atoms with Gasteiger partial charge in [0.2, 0.25) is 0 Å². The van der Waals surface area contributed by atoms with Crippen molar-refractivity contribution in [2.45, 2.75) is 38.2 Å². The lowest BCUT2D eigenvalue weighted by atomic mass is 10.2. The molecular weight excluding hydrogens is 338 g/mol. The standard InChI is InChI=1S/C15H22BrNO2S/c1-11(9-17-14(18)19-15(2,3)4)10-20-13-7-5-12(16)6-8-13/h5-8,11H,9-10H2,1-4H3,(H,17,18)/t11-/m1/s1. The van der Waals surface area contributed by atoms with Gasteiger partial charge in [0.15, 0.2) is 0 Å². The van der Waals surface area contributed by atoms with Crippen LogP contribution in [0.2, 0.25) is 0 Å². The molecule has 0 fully saturated rings. The van der Waals surface area contributed by atoms with Crippen molar-refractivity contribution in [3.63, 3.8) is 0 Å². The van der Waals surface area contributed by atoms with E-state index in [1.54, 1.807) is 11.8 Å². The van der Waals surface area contributed by atoms with E-state index in [0.717, 1.165) is 10.2 Å². The molecule has 3 nitrogen and oxygen atoms in total. The topological polar surface area (TPSA) is 38.3 Å². The Morgan fingerprint density at radius 3 is 2.50 bits per heavy atom. The molecule has 1 aromatic carbocycles. The van der Waals surface area contributed by atoms with E-state index in [2.05, 4.69) is 40.3 Å². The van der Waals surface area contributed by atoms with Crippen LogP contribution in [0.1, 0.15) is 27.7 Å². The quantitative estimate of drug-likeness (QED) is 0.774. The predicted octanol–water partition coefficient (Wildman–Crippen LogP) is 4.70. The predicted molar refractivity (Wildman–Crippen MR) is 88.3 cm³/mol. The van der Waals surface area contributed by atoms with E-state index in [1.165, 1.54) is 4.90 Å². The average Bonchev–Trinajstić information content (AvgIpc) is 2.33. The van der Waals surface area contributed by atoms with Crippen LogP contribution >= 0.6 is 27.7 Å². The zero-order chi connectivity index (χ0) is 15.2. The summed E-state index contributed by atoms with van der Waals surface area (Å²) in [7, 11) is 0. The molecule has 1 aromatic rings. The van der Waals surface area contributed by atoms with Gasteiger partial charge >= 0.3 is 6.09 Å². The van der Waals surface area contributed by atoms with Crippen molar-refractivity contribution in [1.29, 1.82) is 0 Å². The van der Waals surface area contributed by atoms with E-state index in [-0.39, 0.29) is 6.09 Å². The van der Waals surface area contributed by atoms with E-state index in [0.29, 0.717) is 12.5 Å². The Labute approximate surface area is 134 Å². The molecule has 0 bridgehead atoms. The van der Waals surface area contributed by atoms with Gasteiger partial charge in [-0.1, -0.05) is 22.9 Å². The third-order valence-electron chi connectivity index (χ3n) is 2.34. The second-order valence-electron chi connectivity index (χ2n) is 5.75. The summed E-state index contributed by atoms with van der Waals surface area (Å²) in [5.74, 6) is 1.34. The lowest BCUT2D eigenvalue weighted by Crippen LogP contribution is -2.35. The molecule has 5 heteroatoms. The second kappa shape index (κ2) is 7.93. The number of rotatable bonds is 5. The van der Waals surface area contributed by atoms with Crippen molar-refractivity contribution in [1.82, 2.24) is 5.32 Å². The molecule has 0 saturated heterocycles. The lowest BCUT2D eigenvalue weighted by molar-refractivity contribution is 0.0522. The number of carbonyl (C=O) groups excluding carboxylic acids is 1. The van der Waals surface area contributed by atoms with Gasteiger partial charge in [-0.3, -0.25) is 0 Å². The Morgan fingerprint density at radius 1 is 1.35 bits per heavy atom. The summed E-state index contributed by atoms with van der Waals surface area (Å²) in [5.41, 5.74) is -0.445. The van der Waals surface area contributed by atoms with Crippen LogP contribution in [0.15, 0.2) is 33.6 Å². The maximum atomic E-state index is 11.5. The lowest BCUT2D eigenvalue weighted by Gasteiger charge is -2.20. The van der Waals surface area contributed by atoms with Gasteiger partial charge in [-0.15, -0.1) is 11.8 Å². The van der Waals surface area contributed by atoms with Gasteiger partial charge in [0.25, 0.3) is 0 Å². The molecule has 0 aromatic heterocycles. The summed E-state index contributed by atoms with van der Waals surface area (Å²) in [4.78, 5) is 12.8. The highest BCUT2D eigenvalue weighted by Gasteiger charge is 2.16.